The second-order valence-electron chi connectivity index (χ2n) is 6.71. The van der Waals surface area contributed by atoms with Crippen LogP contribution in [0.5, 0.6) is 0 Å². The van der Waals surface area contributed by atoms with E-state index in [0.717, 1.165) is 35.6 Å². The van der Waals surface area contributed by atoms with Gasteiger partial charge in [0, 0.05) is 42.3 Å². The summed E-state index contributed by atoms with van der Waals surface area (Å²) in [6.07, 6.45) is 5.76. The largest absolute Gasteiger partial charge is 0.398 e. The van der Waals surface area contributed by atoms with Crippen molar-refractivity contribution in [1.29, 1.82) is 0 Å². The number of hydrogen-bond acceptors (Lipinski definition) is 4. The van der Waals surface area contributed by atoms with Gasteiger partial charge in [-0.1, -0.05) is 24.3 Å². The maximum Gasteiger partial charge on any atom is 0.255 e. The first kappa shape index (κ1) is 17.1. The molecule has 1 saturated heterocycles. The second kappa shape index (κ2) is 7.50. The summed E-state index contributed by atoms with van der Waals surface area (Å²) in [6, 6.07) is 17.2. The molecule has 0 bridgehead atoms. The van der Waals surface area contributed by atoms with Crippen molar-refractivity contribution in [2.24, 2.45) is 0 Å². The maximum absolute atomic E-state index is 12.9. The van der Waals surface area contributed by atoms with E-state index in [4.69, 9.17) is 5.73 Å². The van der Waals surface area contributed by atoms with Gasteiger partial charge in [0.1, 0.15) is 0 Å². The molecule has 2 heterocycles. The normalized spacial score (nSPS) is 13.6. The first-order valence-electron chi connectivity index (χ1n) is 9.17. The van der Waals surface area contributed by atoms with Crippen molar-refractivity contribution in [3.8, 4) is 11.1 Å². The van der Waals surface area contributed by atoms with Crippen LogP contribution in [0.4, 0.5) is 17.1 Å². The van der Waals surface area contributed by atoms with E-state index in [1.54, 1.807) is 18.5 Å². The molecule has 1 fully saturated rings. The van der Waals surface area contributed by atoms with Crippen LogP contribution in [-0.4, -0.2) is 24.0 Å². The average molecular weight is 358 g/mol. The summed E-state index contributed by atoms with van der Waals surface area (Å²) in [4.78, 5) is 19.3. The third kappa shape index (κ3) is 3.62. The van der Waals surface area contributed by atoms with Crippen LogP contribution < -0.4 is 16.0 Å². The molecular weight excluding hydrogens is 336 g/mol. The number of carbonyl (C=O) groups excluding carboxylic acids is 1. The molecule has 0 spiro atoms. The molecule has 0 radical (unpaired) electrons. The smallest absolute Gasteiger partial charge is 0.255 e. The van der Waals surface area contributed by atoms with E-state index in [1.807, 2.05) is 42.5 Å². The van der Waals surface area contributed by atoms with E-state index in [9.17, 15) is 4.79 Å². The molecule has 3 aromatic rings. The van der Waals surface area contributed by atoms with Crippen LogP contribution in [0.3, 0.4) is 0 Å². The van der Waals surface area contributed by atoms with Crippen LogP contribution in [0.1, 0.15) is 23.2 Å². The molecule has 136 valence electrons. The Labute approximate surface area is 158 Å². The van der Waals surface area contributed by atoms with Gasteiger partial charge >= 0.3 is 0 Å². The van der Waals surface area contributed by atoms with E-state index in [-0.39, 0.29) is 5.91 Å². The molecule has 1 amide bonds. The quantitative estimate of drug-likeness (QED) is 0.734. The summed E-state index contributed by atoms with van der Waals surface area (Å²) < 4.78 is 0. The van der Waals surface area contributed by atoms with Crippen LogP contribution in [0.25, 0.3) is 11.1 Å². The SMILES string of the molecule is Nc1ccncc1-c1cccc(C(=O)Nc2ccccc2N2CCCC2)c1. The number of benzene rings is 2. The Morgan fingerprint density at radius 3 is 2.67 bits per heavy atom. The van der Waals surface area contributed by atoms with Gasteiger partial charge in [-0.3, -0.25) is 9.78 Å². The summed E-state index contributed by atoms with van der Waals surface area (Å²) in [5.41, 5.74) is 10.9. The molecule has 3 N–H and O–H groups in total. The van der Waals surface area contributed by atoms with E-state index >= 15 is 0 Å². The molecule has 5 heteroatoms. The van der Waals surface area contributed by atoms with Crippen molar-refractivity contribution >= 4 is 23.0 Å². The van der Waals surface area contributed by atoms with Gasteiger partial charge in [-0.15, -0.1) is 0 Å². The molecule has 2 aromatic carbocycles. The van der Waals surface area contributed by atoms with Gasteiger partial charge in [-0.25, -0.2) is 0 Å². The molecule has 5 nitrogen and oxygen atoms in total. The van der Waals surface area contributed by atoms with Gasteiger partial charge in [-0.05, 0) is 48.7 Å². The van der Waals surface area contributed by atoms with Gasteiger partial charge in [-0.2, -0.15) is 0 Å². The highest BCUT2D eigenvalue weighted by molar-refractivity contribution is 6.06. The van der Waals surface area contributed by atoms with Gasteiger partial charge in [0.25, 0.3) is 5.91 Å². The topological polar surface area (TPSA) is 71.2 Å². The number of pyridine rings is 1. The lowest BCUT2D eigenvalue weighted by molar-refractivity contribution is 0.102. The minimum absolute atomic E-state index is 0.133. The predicted molar refractivity (Wildman–Crippen MR) is 110 cm³/mol. The van der Waals surface area contributed by atoms with Crippen molar-refractivity contribution in [2.75, 3.05) is 29.0 Å². The fourth-order valence-electron chi connectivity index (χ4n) is 3.48. The van der Waals surface area contributed by atoms with E-state index in [2.05, 4.69) is 21.3 Å². The Hall–Kier alpha value is -3.34. The highest BCUT2D eigenvalue weighted by Gasteiger charge is 2.17. The Kier molecular flexibility index (Phi) is 4.75. The van der Waals surface area contributed by atoms with Crippen LogP contribution in [-0.2, 0) is 0 Å². The molecule has 1 aromatic heterocycles. The number of para-hydroxylation sites is 2. The Morgan fingerprint density at radius 1 is 1.04 bits per heavy atom. The lowest BCUT2D eigenvalue weighted by Gasteiger charge is -2.21. The summed E-state index contributed by atoms with van der Waals surface area (Å²) in [5, 5.41) is 3.07. The zero-order valence-electron chi connectivity index (χ0n) is 15.1. The number of nitrogens with one attached hydrogen (secondary N) is 1. The Morgan fingerprint density at radius 2 is 1.85 bits per heavy atom. The zero-order chi connectivity index (χ0) is 18.6. The highest BCUT2D eigenvalue weighted by atomic mass is 16.1. The highest BCUT2D eigenvalue weighted by Crippen LogP contribution is 2.30. The van der Waals surface area contributed by atoms with E-state index in [0.29, 0.717) is 11.3 Å². The number of rotatable bonds is 4. The van der Waals surface area contributed by atoms with E-state index < -0.39 is 0 Å². The van der Waals surface area contributed by atoms with Crippen molar-refractivity contribution in [1.82, 2.24) is 4.98 Å². The number of nitrogens with zero attached hydrogens (tertiary/aromatic N) is 2. The van der Waals surface area contributed by atoms with Gasteiger partial charge < -0.3 is 16.0 Å². The molecule has 27 heavy (non-hydrogen) atoms. The molecule has 4 rings (SSSR count). The first-order chi connectivity index (χ1) is 13.2. The third-order valence-corrected chi connectivity index (χ3v) is 4.89. The van der Waals surface area contributed by atoms with Crippen LogP contribution in [0.2, 0.25) is 0 Å². The fraction of sp³-hybridized carbons (Fsp3) is 0.182. The third-order valence-electron chi connectivity index (χ3n) is 4.89. The molecule has 1 aliphatic rings. The number of nitrogen functional groups attached to an aromatic ring is 1. The summed E-state index contributed by atoms with van der Waals surface area (Å²) >= 11 is 0. The monoisotopic (exact) mass is 358 g/mol. The lowest BCUT2D eigenvalue weighted by Crippen LogP contribution is -2.21. The molecule has 0 unspecified atom stereocenters. The molecular formula is C22H22N4O. The molecule has 0 atom stereocenters. The zero-order valence-corrected chi connectivity index (χ0v) is 15.1. The van der Waals surface area contributed by atoms with Crippen LogP contribution in [0.15, 0.2) is 67.0 Å². The van der Waals surface area contributed by atoms with Crippen molar-refractivity contribution in [3.63, 3.8) is 0 Å². The van der Waals surface area contributed by atoms with Crippen LogP contribution >= 0.6 is 0 Å². The number of carbonyl (C=O) groups is 1. The minimum Gasteiger partial charge on any atom is -0.398 e. The molecule has 0 saturated carbocycles. The fourth-order valence-corrected chi connectivity index (χ4v) is 3.48. The maximum atomic E-state index is 12.9. The Balaban J connectivity index is 1.60. The minimum atomic E-state index is -0.133. The number of aromatic nitrogens is 1. The predicted octanol–water partition coefficient (Wildman–Crippen LogP) is 4.18. The summed E-state index contributed by atoms with van der Waals surface area (Å²) in [6.45, 7) is 2.06. The number of hydrogen-bond donors (Lipinski definition) is 2. The number of nitrogens with two attached hydrogens (primary N) is 1. The Bertz CT molecular complexity index is 964. The summed E-state index contributed by atoms with van der Waals surface area (Å²) in [7, 11) is 0. The van der Waals surface area contributed by atoms with Gasteiger partial charge in [0.2, 0.25) is 0 Å². The molecule has 1 aliphatic heterocycles. The average Bonchev–Trinajstić information content (AvgIpc) is 3.23. The first-order valence-corrected chi connectivity index (χ1v) is 9.17. The second-order valence-corrected chi connectivity index (χ2v) is 6.71. The van der Waals surface area contributed by atoms with Crippen LogP contribution in [0, 0.1) is 0 Å². The summed E-state index contributed by atoms with van der Waals surface area (Å²) in [5.74, 6) is -0.133. The number of amides is 1. The lowest BCUT2D eigenvalue weighted by atomic mass is 10.0. The van der Waals surface area contributed by atoms with Crippen molar-refractivity contribution in [2.45, 2.75) is 12.8 Å². The number of anilines is 3. The molecule has 0 aliphatic carbocycles. The van der Waals surface area contributed by atoms with E-state index in [1.165, 1.54) is 12.8 Å². The van der Waals surface area contributed by atoms with Crippen molar-refractivity contribution in [3.05, 3.63) is 72.6 Å². The van der Waals surface area contributed by atoms with Gasteiger partial charge in [0.05, 0.1) is 11.4 Å². The van der Waals surface area contributed by atoms with Gasteiger partial charge in [0.15, 0.2) is 0 Å². The standard InChI is InChI=1S/C22H22N4O/c23-19-10-11-24-15-18(19)16-6-5-7-17(14-16)22(27)25-20-8-1-2-9-21(20)26-12-3-4-13-26/h1-2,5-11,14-15H,3-4,12-13H2,(H2,23,24)(H,25,27). The van der Waals surface area contributed by atoms with Crippen molar-refractivity contribution < 1.29 is 4.79 Å².